The number of carbonyl (C=O) groups excluding carboxylic acids is 2. The van der Waals surface area contributed by atoms with Gasteiger partial charge in [0.1, 0.15) is 13.2 Å². The van der Waals surface area contributed by atoms with Crippen LogP contribution in [-0.4, -0.2) is 87.4 Å². The number of hydrogen-bond donors (Lipinski definition) is 1. The fraction of sp³-hybridized carbons (Fsp3) is 0.965. The number of rotatable bonds is 82. The molecule has 1 N–H and O–H groups in total. The summed E-state index contributed by atoms with van der Waals surface area (Å²) < 4.78 is 23.1. The molecule has 0 aromatic carbocycles. The Balaban J connectivity index is 3.89. The molecule has 0 aliphatic rings. The predicted molar refractivity (Wildman–Crippen MR) is 406 cm³/mol. The molecule has 0 saturated heterocycles. The van der Waals surface area contributed by atoms with Gasteiger partial charge >= 0.3 is 17.9 Å². The molecule has 9 heteroatoms. The summed E-state index contributed by atoms with van der Waals surface area (Å²) in [6, 6.07) is 0. The van der Waals surface area contributed by atoms with Gasteiger partial charge in [-0.1, -0.05) is 444 Å². The molecule has 0 amide bonds. The van der Waals surface area contributed by atoms with Gasteiger partial charge in [0.05, 0.1) is 34.4 Å². The normalized spacial score (nSPS) is 12.5. The second-order valence-electron chi connectivity index (χ2n) is 30.9. The van der Waals surface area contributed by atoms with Crippen molar-refractivity contribution in [3.05, 3.63) is 0 Å². The Morgan fingerprint density at radius 1 is 0.277 bits per heavy atom. The van der Waals surface area contributed by atoms with Crippen LogP contribution in [0.3, 0.4) is 0 Å². The first-order valence-corrected chi connectivity index (χ1v) is 42.7. The van der Waals surface area contributed by atoms with Crippen molar-refractivity contribution in [3.63, 3.8) is 0 Å². The highest BCUT2D eigenvalue weighted by molar-refractivity contribution is 5.71. The first kappa shape index (κ1) is 92.3. The lowest BCUT2D eigenvalue weighted by Crippen LogP contribution is -2.40. The van der Waals surface area contributed by atoms with Gasteiger partial charge in [-0.3, -0.25) is 9.59 Å². The van der Waals surface area contributed by atoms with Crippen LogP contribution in [0.15, 0.2) is 0 Å². The number of aliphatic carboxylic acids is 1. The Bertz CT molecular complexity index is 1500. The number of ether oxygens (including phenoxy) is 4. The van der Waals surface area contributed by atoms with Gasteiger partial charge in [0.25, 0.3) is 6.29 Å². The quantitative estimate of drug-likeness (QED) is 0.0278. The molecular weight excluding hydrogens is 1160 g/mol. The van der Waals surface area contributed by atoms with E-state index in [0.717, 1.165) is 38.5 Å². The van der Waals surface area contributed by atoms with Gasteiger partial charge < -0.3 is 28.5 Å². The summed E-state index contributed by atoms with van der Waals surface area (Å²) in [5, 5.41) is 9.78. The van der Waals surface area contributed by atoms with Crippen LogP contribution < -0.4 is 0 Å². The standard InChI is InChI=1S/C85H167NO8/c1-6-8-10-12-14-16-18-20-22-24-26-28-30-32-34-36-37-38-39-40-41-42-43-44-45-46-48-50-52-54-56-58-60-62-64-66-68-70-72-74-76-83(88)94-81(80-93-85(84(89)90)91-78-77-86(3,4)5)79-92-82(87)75-73-71-69-67-65-63-61-59-57-55-53-51-49-47-35-33-31-29-27-25-23-21-19-17-15-13-11-9-7-2/h81,85H,6-80H2,1-5H3/p+1. The molecule has 0 aromatic rings. The minimum absolute atomic E-state index is 0.172. The minimum Gasteiger partial charge on any atom is -0.477 e. The first-order chi connectivity index (χ1) is 46.1. The molecule has 94 heavy (non-hydrogen) atoms. The van der Waals surface area contributed by atoms with Crippen molar-refractivity contribution in [2.45, 2.75) is 482 Å². The van der Waals surface area contributed by atoms with Gasteiger partial charge in [-0.05, 0) is 12.8 Å². The molecule has 0 saturated carbocycles. The molecule has 9 nitrogen and oxygen atoms in total. The second-order valence-corrected chi connectivity index (χ2v) is 30.9. The van der Waals surface area contributed by atoms with E-state index in [4.69, 9.17) is 18.9 Å². The molecule has 0 aliphatic heterocycles. The van der Waals surface area contributed by atoms with Crippen LogP contribution in [0.2, 0.25) is 0 Å². The van der Waals surface area contributed by atoms with Crippen molar-refractivity contribution >= 4 is 17.9 Å². The van der Waals surface area contributed by atoms with Crippen LogP contribution in [-0.2, 0) is 33.3 Å². The number of carboxylic acids is 1. The Kier molecular flexibility index (Phi) is 75.6. The number of likely N-dealkylation sites (N-methyl/N-ethyl adjacent to an activating group) is 1. The van der Waals surface area contributed by atoms with E-state index in [-0.39, 0.29) is 38.2 Å². The third-order valence-electron chi connectivity index (χ3n) is 20.1. The fourth-order valence-corrected chi connectivity index (χ4v) is 13.6. The molecular formula is C85H168NO8+. The third-order valence-corrected chi connectivity index (χ3v) is 20.1. The highest BCUT2D eigenvalue weighted by Crippen LogP contribution is 2.21. The van der Waals surface area contributed by atoms with Crippen molar-refractivity contribution in [2.75, 3.05) is 47.5 Å². The average molecular weight is 1330 g/mol. The average Bonchev–Trinajstić information content (AvgIpc) is 3.35. The lowest BCUT2D eigenvalue weighted by atomic mass is 10.0. The van der Waals surface area contributed by atoms with Crippen molar-refractivity contribution in [3.8, 4) is 0 Å². The number of esters is 2. The lowest BCUT2D eigenvalue weighted by Gasteiger charge is -2.25. The van der Waals surface area contributed by atoms with E-state index in [2.05, 4.69) is 13.8 Å². The number of hydrogen-bond acceptors (Lipinski definition) is 7. The zero-order valence-electron chi connectivity index (χ0n) is 64.4. The molecule has 0 heterocycles. The maximum Gasteiger partial charge on any atom is 0.361 e. The van der Waals surface area contributed by atoms with Crippen LogP contribution in [0.5, 0.6) is 0 Å². The molecule has 0 fully saturated rings. The number of nitrogens with zero attached hydrogens (tertiary/aromatic N) is 1. The minimum atomic E-state index is -1.51. The summed E-state index contributed by atoms with van der Waals surface area (Å²) >= 11 is 0. The molecule has 2 atom stereocenters. The Morgan fingerprint density at radius 2 is 0.479 bits per heavy atom. The number of carbonyl (C=O) groups is 3. The molecule has 0 bridgehead atoms. The van der Waals surface area contributed by atoms with Gasteiger partial charge in [-0.15, -0.1) is 0 Å². The summed E-state index contributed by atoms with van der Waals surface area (Å²) in [4.78, 5) is 37.8. The second kappa shape index (κ2) is 77.0. The van der Waals surface area contributed by atoms with Gasteiger partial charge in [0, 0.05) is 12.8 Å². The van der Waals surface area contributed by atoms with Crippen molar-refractivity contribution in [1.82, 2.24) is 0 Å². The summed E-state index contributed by atoms with van der Waals surface area (Å²) in [6.45, 7) is 4.99. The largest absolute Gasteiger partial charge is 0.477 e. The highest BCUT2D eigenvalue weighted by Gasteiger charge is 2.25. The number of unbranched alkanes of at least 4 members (excludes halogenated alkanes) is 67. The molecule has 0 radical (unpaired) electrons. The van der Waals surface area contributed by atoms with Crippen molar-refractivity contribution in [1.29, 1.82) is 0 Å². The van der Waals surface area contributed by atoms with Crippen LogP contribution >= 0.6 is 0 Å². The summed E-state index contributed by atoms with van der Waals surface area (Å²) in [7, 11) is 6.01. The third kappa shape index (κ3) is 77.6. The topological polar surface area (TPSA) is 108 Å². The predicted octanol–water partition coefficient (Wildman–Crippen LogP) is 27.3. The van der Waals surface area contributed by atoms with E-state index in [1.165, 1.54) is 405 Å². The van der Waals surface area contributed by atoms with Crippen molar-refractivity contribution in [2.24, 2.45) is 0 Å². The maximum atomic E-state index is 13.0. The van der Waals surface area contributed by atoms with Crippen LogP contribution in [0, 0.1) is 0 Å². The van der Waals surface area contributed by atoms with E-state index >= 15 is 0 Å². The molecule has 2 unspecified atom stereocenters. The van der Waals surface area contributed by atoms with Crippen LogP contribution in [0.25, 0.3) is 0 Å². The van der Waals surface area contributed by atoms with E-state index in [9.17, 15) is 19.5 Å². The summed E-state index contributed by atoms with van der Waals surface area (Å²) in [5.41, 5.74) is 0. The van der Waals surface area contributed by atoms with Gasteiger partial charge in [-0.25, -0.2) is 4.79 Å². The van der Waals surface area contributed by atoms with Crippen LogP contribution in [0.4, 0.5) is 0 Å². The zero-order chi connectivity index (χ0) is 68.2. The monoisotopic (exact) mass is 1330 g/mol. The number of carboxylic acid groups (broad SMARTS) is 1. The van der Waals surface area contributed by atoms with Crippen LogP contribution in [0.1, 0.15) is 470 Å². The molecule has 0 rings (SSSR count). The van der Waals surface area contributed by atoms with E-state index in [1.54, 1.807) is 0 Å². The lowest BCUT2D eigenvalue weighted by molar-refractivity contribution is -0.870. The Morgan fingerprint density at radius 3 is 0.681 bits per heavy atom. The van der Waals surface area contributed by atoms with E-state index in [0.29, 0.717) is 17.4 Å². The van der Waals surface area contributed by atoms with E-state index < -0.39 is 18.4 Å². The molecule has 0 aromatic heterocycles. The highest BCUT2D eigenvalue weighted by atomic mass is 16.7. The van der Waals surface area contributed by atoms with Gasteiger partial charge in [-0.2, -0.15) is 0 Å². The van der Waals surface area contributed by atoms with E-state index in [1.807, 2.05) is 21.1 Å². The SMILES string of the molecule is CCCCCCCCCCCCCCCCCCCCCCCCCCCCCCCCCCCCCCCCCCC(=O)OC(COC(=O)CCCCCCCCCCCCCCCCCCCCCCCCCCCCCCC)COC(OCC[N+](C)(C)C)C(=O)O. The molecule has 0 aliphatic carbocycles. The summed E-state index contributed by atoms with van der Waals surface area (Å²) in [6.07, 6.45) is 93.0. The smallest absolute Gasteiger partial charge is 0.361 e. The molecule has 560 valence electrons. The number of quaternary nitrogens is 1. The maximum absolute atomic E-state index is 13.0. The van der Waals surface area contributed by atoms with Crippen molar-refractivity contribution < 1.29 is 42.9 Å². The summed E-state index contributed by atoms with van der Waals surface area (Å²) in [5.74, 6) is -1.96. The first-order valence-electron chi connectivity index (χ1n) is 42.7. The molecule has 0 spiro atoms. The Labute approximate surface area is 587 Å². The Hall–Kier alpha value is -1.71. The van der Waals surface area contributed by atoms with Gasteiger partial charge in [0.2, 0.25) is 0 Å². The van der Waals surface area contributed by atoms with Gasteiger partial charge in [0.15, 0.2) is 6.10 Å². The fourth-order valence-electron chi connectivity index (χ4n) is 13.6. The zero-order valence-corrected chi connectivity index (χ0v) is 64.4.